The molecule has 2 rings (SSSR count). The highest BCUT2D eigenvalue weighted by Crippen LogP contribution is 2.57. The van der Waals surface area contributed by atoms with Crippen LogP contribution in [0.1, 0.15) is 32.6 Å². The first kappa shape index (κ1) is 9.69. The van der Waals surface area contributed by atoms with Crippen LogP contribution in [0.15, 0.2) is 0 Å². The van der Waals surface area contributed by atoms with Crippen LogP contribution in [0.25, 0.3) is 0 Å². The summed E-state index contributed by atoms with van der Waals surface area (Å²) in [5.74, 6) is 0.354. The van der Waals surface area contributed by atoms with Crippen molar-refractivity contribution in [3.63, 3.8) is 0 Å². The predicted molar refractivity (Wildman–Crippen MR) is 50.6 cm³/mol. The van der Waals surface area contributed by atoms with Crippen LogP contribution < -0.4 is 0 Å². The summed E-state index contributed by atoms with van der Waals surface area (Å²) in [5.41, 5.74) is -0.442. The molecule has 2 aliphatic rings. The van der Waals surface area contributed by atoms with Gasteiger partial charge in [0.2, 0.25) is 0 Å². The van der Waals surface area contributed by atoms with Crippen LogP contribution in [0.3, 0.4) is 0 Å². The molecule has 0 radical (unpaired) electrons. The van der Waals surface area contributed by atoms with Crippen LogP contribution >= 0.6 is 0 Å². The molecule has 0 heterocycles. The highest BCUT2D eigenvalue weighted by molar-refractivity contribution is 5.82. The van der Waals surface area contributed by atoms with Gasteiger partial charge in [-0.05, 0) is 38.5 Å². The van der Waals surface area contributed by atoms with E-state index in [0.717, 1.165) is 32.0 Å². The molecular weight excluding hydrogens is 180 g/mol. The fourth-order valence-corrected chi connectivity index (χ4v) is 3.10. The molecule has 78 valence electrons. The topological polar surface area (TPSA) is 43.4 Å². The van der Waals surface area contributed by atoms with Gasteiger partial charge in [-0.15, -0.1) is 0 Å². The van der Waals surface area contributed by atoms with E-state index in [4.69, 9.17) is 4.74 Å². The number of esters is 1. The molecule has 0 spiro atoms. The predicted octanol–water partition coefficient (Wildman–Crippen LogP) is 1.55. The Hall–Kier alpha value is -0.860. The molecule has 0 aromatic heterocycles. The van der Waals surface area contributed by atoms with Crippen molar-refractivity contribution in [3.05, 3.63) is 0 Å². The van der Waals surface area contributed by atoms with E-state index in [1.54, 1.807) is 0 Å². The zero-order valence-electron chi connectivity index (χ0n) is 8.49. The second-order valence-corrected chi connectivity index (χ2v) is 4.46. The Morgan fingerprint density at radius 1 is 1.64 bits per heavy atom. The summed E-state index contributed by atoms with van der Waals surface area (Å²) < 4.78 is 5.08. The Morgan fingerprint density at radius 3 is 3.00 bits per heavy atom. The number of carbonyl (C=O) groups excluding carboxylic acids is 2. The molecule has 0 aliphatic heterocycles. The Balaban J connectivity index is 2.19. The number of aldehydes is 1. The SMILES string of the molecule is CCOC(=O)C12CCC(CC1C=O)C2. The van der Waals surface area contributed by atoms with E-state index in [-0.39, 0.29) is 11.9 Å². The smallest absolute Gasteiger partial charge is 0.312 e. The van der Waals surface area contributed by atoms with E-state index in [1.165, 1.54) is 0 Å². The molecule has 2 bridgehead atoms. The van der Waals surface area contributed by atoms with Gasteiger partial charge < -0.3 is 9.53 Å². The maximum Gasteiger partial charge on any atom is 0.312 e. The Labute approximate surface area is 83.8 Å². The lowest BCUT2D eigenvalue weighted by Crippen LogP contribution is -2.36. The van der Waals surface area contributed by atoms with E-state index in [9.17, 15) is 9.59 Å². The summed E-state index contributed by atoms with van der Waals surface area (Å²) in [5, 5.41) is 0. The molecular formula is C11H16O3. The normalized spacial score (nSPS) is 39.8. The molecule has 14 heavy (non-hydrogen) atoms. The summed E-state index contributed by atoms with van der Waals surface area (Å²) in [7, 11) is 0. The third kappa shape index (κ3) is 1.18. The van der Waals surface area contributed by atoms with Gasteiger partial charge in [0.05, 0.1) is 12.0 Å². The first-order valence-corrected chi connectivity index (χ1v) is 5.35. The quantitative estimate of drug-likeness (QED) is 0.508. The number of hydrogen-bond donors (Lipinski definition) is 0. The van der Waals surface area contributed by atoms with Crippen molar-refractivity contribution in [2.24, 2.45) is 17.3 Å². The van der Waals surface area contributed by atoms with Crippen LogP contribution in [-0.2, 0) is 14.3 Å². The lowest BCUT2D eigenvalue weighted by atomic mass is 9.76. The highest BCUT2D eigenvalue weighted by atomic mass is 16.5. The molecule has 3 unspecified atom stereocenters. The number of ether oxygens (including phenoxy) is 1. The fourth-order valence-electron chi connectivity index (χ4n) is 3.10. The van der Waals surface area contributed by atoms with E-state index < -0.39 is 5.41 Å². The number of fused-ring (bicyclic) bond motifs is 2. The Kier molecular flexibility index (Phi) is 2.33. The molecule has 0 amide bonds. The molecule has 2 fully saturated rings. The number of rotatable bonds is 3. The zero-order valence-corrected chi connectivity index (χ0v) is 8.49. The van der Waals surface area contributed by atoms with Crippen molar-refractivity contribution in [1.29, 1.82) is 0 Å². The van der Waals surface area contributed by atoms with Gasteiger partial charge in [0.1, 0.15) is 6.29 Å². The summed E-state index contributed by atoms with van der Waals surface area (Å²) in [6, 6.07) is 0. The van der Waals surface area contributed by atoms with Gasteiger partial charge in [0.15, 0.2) is 0 Å². The molecule has 0 N–H and O–H groups in total. The molecule has 3 nitrogen and oxygen atoms in total. The summed E-state index contributed by atoms with van der Waals surface area (Å²) in [4.78, 5) is 22.7. The molecule has 0 aromatic carbocycles. The van der Waals surface area contributed by atoms with Gasteiger partial charge in [0.25, 0.3) is 0 Å². The number of carbonyl (C=O) groups is 2. The van der Waals surface area contributed by atoms with Gasteiger partial charge in [-0.1, -0.05) is 0 Å². The minimum absolute atomic E-state index is 0.0831. The second-order valence-electron chi connectivity index (χ2n) is 4.46. The molecule has 0 aromatic rings. The lowest BCUT2D eigenvalue weighted by molar-refractivity contribution is -0.158. The van der Waals surface area contributed by atoms with E-state index in [0.29, 0.717) is 12.5 Å². The fraction of sp³-hybridized carbons (Fsp3) is 0.818. The van der Waals surface area contributed by atoms with Crippen LogP contribution in [0.5, 0.6) is 0 Å². The van der Waals surface area contributed by atoms with Crippen LogP contribution in [0.2, 0.25) is 0 Å². The monoisotopic (exact) mass is 196 g/mol. The van der Waals surface area contributed by atoms with Crippen molar-refractivity contribution in [2.45, 2.75) is 32.6 Å². The third-order valence-electron chi connectivity index (χ3n) is 3.79. The largest absolute Gasteiger partial charge is 0.466 e. The Morgan fingerprint density at radius 2 is 2.43 bits per heavy atom. The van der Waals surface area contributed by atoms with E-state index in [1.807, 2.05) is 6.92 Å². The maximum atomic E-state index is 11.8. The minimum Gasteiger partial charge on any atom is -0.466 e. The zero-order chi connectivity index (χ0) is 10.2. The molecule has 3 heteroatoms. The van der Waals surface area contributed by atoms with Gasteiger partial charge in [-0.2, -0.15) is 0 Å². The van der Waals surface area contributed by atoms with Gasteiger partial charge in [-0.3, -0.25) is 4.79 Å². The van der Waals surface area contributed by atoms with Crippen LogP contribution in [0, 0.1) is 17.3 Å². The van der Waals surface area contributed by atoms with Crippen molar-refractivity contribution in [1.82, 2.24) is 0 Å². The van der Waals surface area contributed by atoms with Gasteiger partial charge >= 0.3 is 5.97 Å². The Bertz CT molecular complexity index is 261. The van der Waals surface area contributed by atoms with E-state index >= 15 is 0 Å². The summed E-state index contributed by atoms with van der Waals surface area (Å²) >= 11 is 0. The van der Waals surface area contributed by atoms with Crippen molar-refractivity contribution in [2.75, 3.05) is 6.61 Å². The lowest BCUT2D eigenvalue weighted by Gasteiger charge is -2.28. The van der Waals surface area contributed by atoms with Crippen molar-refractivity contribution >= 4 is 12.3 Å². The summed E-state index contributed by atoms with van der Waals surface area (Å²) in [6.07, 6.45) is 4.65. The second kappa shape index (κ2) is 3.37. The van der Waals surface area contributed by atoms with Crippen molar-refractivity contribution < 1.29 is 14.3 Å². The average molecular weight is 196 g/mol. The standard InChI is InChI=1S/C11H16O3/c1-2-14-10(13)11-4-3-8(6-11)5-9(11)7-12/h7-9H,2-6H2,1H3. The molecule has 0 saturated heterocycles. The number of hydrogen-bond acceptors (Lipinski definition) is 3. The first-order chi connectivity index (χ1) is 6.73. The van der Waals surface area contributed by atoms with Crippen LogP contribution in [-0.4, -0.2) is 18.9 Å². The first-order valence-electron chi connectivity index (χ1n) is 5.35. The minimum atomic E-state index is -0.442. The van der Waals surface area contributed by atoms with Crippen LogP contribution in [0.4, 0.5) is 0 Å². The van der Waals surface area contributed by atoms with Gasteiger partial charge in [-0.25, -0.2) is 0 Å². The average Bonchev–Trinajstić information content (AvgIpc) is 2.75. The highest BCUT2D eigenvalue weighted by Gasteiger charge is 2.57. The molecule has 3 atom stereocenters. The molecule has 2 aliphatic carbocycles. The van der Waals surface area contributed by atoms with E-state index in [2.05, 4.69) is 0 Å². The van der Waals surface area contributed by atoms with Gasteiger partial charge in [0, 0.05) is 5.92 Å². The third-order valence-corrected chi connectivity index (χ3v) is 3.79. The maximum absolute atomic E-state index is 11.8. The molecule has 2 saturated carbocycles. The van der Waals surface area contributed by atoms with Crippen molar-refractivity contribution in [3.8, 4) is 0 Å². The summed E-state index contributed by atoms with van der Waals surface area (Å²) in [6.45, 7) is 2.22.